The van der Waals surface area contributed by atoms with E-state index in [0.717, 1.165) is 79.4 Å². The second kappa shape index (κ2) is 24.9. The number of thiophene rings is 4. The molecule has 4 nitrogen and oxygen atoms in total. The molecule has 0 bridgehead atoms. The van der Waals surface area contributed by atoms with Gasteiger partial charge >= 0.3 is 0 Å². The van der Waals surface area contributed by atoms with Gasteiger partial charge in [-0.05, 0) is 255 Å². The summed E-state index contributed by atoms with van der Waals surface area (Å²) < 4.78 is 0. The van der Waals surface area contributed by atoms with Crippen LogP contribution in [0.1, 0.15) is 19.5 Å². The maximum absolute atomic E-state index is 2.36. The lowest BCUT2D eigenvalue weighted by molar-refractivity contribution is 1.25. The Hall–Kier alpha value is -9.80. The molecule has 8 heteroatoms. The fourth-order valence-corrected chi connectivity index (χ4v) is 15.0. The molecule has 14 rings (SSSR count). The first kappa shape index (κ1) is 56.0. The van der Waals surface area contributed by atoms with Crippen molar-refractivity contribution in [1.82, 2.24) is 0 Å². The molecule has 88 heavy (non-hydrogen) atoms. The van der Waals surface area contributed by atoms with Crippen molar-refractivity contribution >= 4 is 114 Å². The maximum atomic E-state index is 2.36. The summed E-state index contributed by atoms with van der Waals surface area (Å²) in [4.78, 5) is 19.7. The van der Waals surface area contributed by atoms with Gasteiger partial charge in [0.2, 0.25) is 0 Å². The van der Waals surface area contributed by atoms with E-state index in [0.29, 0.717) is 0 Å². The Balaban J connectivity index is 0.778. The summed E-state index contributed by atoms with van der Waals surface area (Å²) in [6.45, 7) is 8.66. The third-order valence-corrected chi connectivity index (χ3v) is 20.1. The Bertz CT molecular complexity index is 4300. The topological polar surface area (TPSA) is 13.0 Å². The minimum absolute atomic E-state index is 1.06. The van der Waals surface area contributed by atoms with Crippen LogP contribution in [0.3, 0.4) is 0 Å². The van der Waals surface area contributed by atoms with Crippen LogP contribution in [0.5, 0.6) is 0 Å². The molecule has 0 saturated carbocycles. The van der Waals surface area contributed by atoms with Gasteiger partial charge in [0.1, 0.15) is 0 Å². The first-order valence-corrected chi connectivity index (χ1v) is 32.9. The van der Waals surface area contributed by atoms with E-state index in [9.17, 15) is 0 Å². The van der Waals surface area contributed by atoms with Gasteiger partial charge in [0, 0.05) is 107 Å². The zero-order chi connectivity index (χ0) is 59.5. The summed E-state index contributed by atoms with van der Waals surface area (Å²) in [7, 11) is 0. The third kappa shape index (κ3) is 11.9. The van der Waals surface area contributed by atoms with Gasteiger partial charge in [0.25, 0.3) is 0 Å². The SMILES string of the molecule is Cc1ccc(-c2ccc(N(c3ccccc3)c3ccc(N(c4ccc(-c5ccc(N(c6ccc(-c7ccc(C)s7)cc6)c6ccc(N(c7ccccc7)c7ccc(-c8ccc(C)s8)cc7)cc6)cc5)cc4)c4ccc(-c5ccc(C)s5)cc4)cc3)cc2)s1. The molecule has 0 saturated heterocycles. The van der Waals surface area contributed by atoms with E-state index in [2.05, 4.69) is 351 Å². The summed E-state index contributed by atoms with van der Waals surface area (Å²) in [5, 5.41) is 0. The summed E-state index contributed by atoms with van der Waals surface area (Å²) >= 11 is 7.31. The van der Waals surface area contributed by atoms with Crippen LogP contribution in [0.15, 0.2) is 303 Å². The van der Waals surface area contributed by atoms with Crippen LogP contribution in [0.2, 0.25) is 0 Å². The van der Waals surface area contributed by atoms with Crippen LogP contribution in [-0.2, 0) is 0 Å². The largest absolute Gasteiger partial charge is 0.311 e. The van der Waals surface area contributed by atoms with E-state index < -0.39 is 0 Å². The Labute approximate surface area is 532 Å². The Morgan fingerprint density at radius 3 is 0.489 bits per heavy atom. The fourth-order valence-electron chi connectivity index (χ4n) is 11.5. The summed E-state index contributed by atoms with van der Waals surface area (Å²) in [5.74, 6) is 0. The maximum Gasteiger partial charge on any atom is 0.0463 e. The molecule has 0 radical (unpaired) electrons. The molecule has 4 aromatic heterocycles. The zero-order valence-corrected chi connectivity index (χ0v) is 52.6. The van der Waals surface area contributed by atoms with E-state index in [4.69, 9.17) is 0 Å². The molecular weight excluding hydrogens is 1150 g/mol. The second-order valence-corrected chi connectivity index (χ2v) is 27.1. The molecule has 14 aromatic rings. The van der Waals surface area contributed by atoms with Crippen molar-refractivity contribution in [3.05, 3.63) is 323 Å². The summed E-state index contributed by atoms with van der Waals surface area (Å²) in [5.41, 5.74) is 20.2. The van der Waals surface area contributed by atoms with Gasteiger partial charge in [-0.25, -0.2) is 0 Å². The van der Waals surface area contributed by atoms with Gasteiger partial charge in [0.05, 0.1) is 0 Å². The molecule has 0 fully saturated rings. The van der Waals surface area contributed by atoms with Gasteiger partial charge in [-0.3, -0.25) is 0 Å². The lowest BCUT2D eigenvalue weighted by atomic mass is 10.0. The average molecular weight is 1210 g/mol. The molecular formula is C80H62N4S4. The molecule has 0 spiro atoms. The lowest BCUT2D eigenvalue weighted by Gasteiger charge is -2.29. The first-order chi connectivity index (χ1) is 43.2. The van der Waals surface area contributed by atoms with Crippen molar-refractivity contribution < 1.29 is 0 Å². The average Bonchev–Trinajstić information content (AvgIpc) is 2.15. The van der Waals surface area contributed by atoms with Crippen molar-refractivity contribution in [2.45, 2.75) is 27.7 Å². The van der Waals surface area contributed by atoms with Crippen LogP contribution in [0.4, 0.5) is 68.2 Å². The summed E-state index contributed by atoms with van der Waals surface area (Å²) in [6.07, 6.45) is 0. The van der Waals surface area contributed by atoms with E-state index in [1.807, 2.05) is 45.3 Å². The van der Waals surface area contributed by atoms with Crippen LogP contribution < -0.4 is 19.6 Å². The van der Waals surface area contributed by atoms with Crippen LogP contribution in [0.25, 0.3) is 52.9 Å². The molecule has 0 aliphatic heterocycles. The highest BCUT2D eigenvalue weighted by Gasteiger charge is 2.20. The zero-order valence-electron chi connectivity index (χ0n) is 49.3. The molecule has 0 amide bonds. The van der Waals surface area contributed by atoms with Crippen molar-refractivity contribution in [3.63, 3.8) is 0 Å². The standard InChI is InChI=1S/C80H62N4S4/c1-55-15-51-77(85-55)61-23-35-69(36-24-61)81(65-11-7-5-8-12-65)73-43-47-75(48-44-73)83(71-39-27-63(28-40-71)79-53-17-57(3)87-79)67-31-19-59(20-32-67)60-21-33-68(34-22-60)84(72-41-29-64(30-42-72)80-54-18-58(4)88-80)76-49-45-74(46-50-76)82(66-13-9-6-10-14-66)70-37-25-62(26-38-70)78-52-16-56(2)86-78/h5-54H,1-4H3. The Kier molecular flexibility index (Phi) is 15.8. The Morgan fingerprint density at radius 1 is 0.159 bits per heavy atom. The highest BCUT2D eigenvalue weighted by Crippen LogP contribution is 2.45. The van der Waals surface area contributed by atoms with Gasteiger partial charge in [-0.15, -0.1) is 45.3 Å². The number of hydrogen-bond donors (Lipinski definition) is 0. The monoisotopic (exact) mass is 1210 g/mol. The van der Waals surface area contributed by atoms with Crippen LogP contribution in [0, 0.1) is 27.7 Å². The highest BCUT2D eigenvalue weighted by molar-refractivity contribution is 7.16. The molecule has 0 aliphatic rings. The molecule has 4 heterocycles. The smallest absolute Gasteiger partial charge is 0.0463 e. The van der Waals surface area contributed by atoms with E-state index in [1.54, 1.807) is 0 Å². The van der Waals surface area contributed by atoms with Crippen molar-refractivity contribution in [2.24, 2.45) is 0 Å². The molecule has 0 unspecified atom stereocenters. The number of aryl methyl sites for hydroxylation is 4. The van der Waals surface area contributed by atoms with Crippen molar-refractivity contribution in [2.75, 3.05) is 19.6 Å². The van der Waals surface area contributed by atoms with E-state index in [-0.39, 0.29) is 0 Å². The minimum Gasteiger partial charge on any atom is -0.311 e. The predicted molar refractivity (Wildman–Crippen MR) is 383 cm³/mol. The lowest BCUT2D eigenvalue weighted by Crippen LogP contribution is -2.12. The number of benzene rings is 10. The fraction of sp³-hybridized carbons (Fsp3) is 0.0500. The van der Waals surface area contributed by atoms with Gasteiger partial charge in [-0.2, -0.15) is 0 Å². The quantitative estimate of drug-likeness (QED) is 0.0901. The van der Waals surface area contributed by atoms with E-state index in [1.165, 1.54) is 61.3 Å². The van der Waals surface area contributed by atoms with Gasteiger partial charge < -0.3 is 19.6 Å². The number of para-hydroxylation sites is 2. The molecule has 426 valence electrons. The van der Waals surface area contributed by atoms with Gasteiger partial charge in [0.15, 0.2) is 0 Å². The van der Waals surface area contributed by atoms with Gasteiger partial charge in [-0.1, -0.05) is 109 Å². The van der Waals surface area contributed by atoms with Crippen LogP contribution in [-0.4, -0.2) is 0 Å². The number of hydrogen-bond acceptors (Lipinski definition) is 8. The van der Waals surface area contributed by atoms with Crippen LogP contribution >= 0.6 is 45.3 Å². The molecule has 0 atom stereocenters. The molecule has 0 N–H and O–H groups in total. The van der Waals surface area contributed by atoms with E-state index >= 15 is 0 Å². The number of rotatable bonds is 17. The normalized spacial score (nSPS) is 11.2. The molecule has 10 aromatic carbocycles. The number of nitrogens with zero attached hydrogens (tertiary/aromatic N) is 4. The van der Waals surface area contributed by atoms with Crippen molar-refractivity contribution in [1.29, 1.82) is 0 Å². The predicted octanol–water partition coefficient (Wildman–Crippen LogP) is 25.4. The highest BCUT2D eigenvalue weighted by atomic mass is 32.1. The Morgan fingerprint density at radius 2 is 0.318 bits per heavy atom. The minimum atomic E-state index is 1.06. The summed E-state index contributed by atoms with van der Waals surface area (Å²) in [6, 6.07) is 111. The third-order valence-electron chi connectivity index (χ3n) is 15.9. The number of anilines is 12. The second-order valence-electron chi connectivity index (χ2n) is 22.0. The molecule has 0 aliphatic carbocycles. The first-order valence-electron chi connectivity index (χ1n) is 29.6. The van der Waals surface area contributed by atoms with Crippen molar-refractivity contribution in [3.8, 4) is 52.9 Å².